The van der Waals surface area contributed by atoms with Crippen molar-refractivity contribution >= 4 is 6.09 Å². The fourth-order valence-electron chi connectivity index (χ4n) is 3.93. The fourth-order valence-corrected chi connectivity index (χ4v) is 3.93. The average molecular weight is 458 g/mol. The Kier molecular flexibility index (Phi) is 6.35. The number of aliphatic hydroxyl groups excluding tert-OH is 2. The van der Waals surface area contributed by atoms with E-state index in [0.717, 1.165) is 34.5 Å². The van der Waals surface area contributed by atoms with Crippen LogP contribution in [0.4, 0.5) is 18.0 Å². The number of carbonyl (C=O) groups excluding carboxylic acids is 1. The SMILES string of the molecule is O=C(NCC(O)C(O)c1cc(C(F)(F)F)ccn1)OCC1c2ccccc2-c2ccccc21. The van der Waals surface area contributed by atoms with E-state index in [1.54, 1.807) is 0 Å². The third-order valence-corrected chi connectivity index (χ3v) is 5.58. The summed E-state index contributed by atoms with van der Waals surface area (Å²) in [5.74, 6) is -0.145. The fraction of sp³-hybridized carbons (Fsp3) is 0.250. The molecule has 0 saturated carbocycles. The highest BCUT2D eigenvalue weighted by Gasteiger charge is 2.32. The van der Waals surface area contributed by atoms with Crippen molar-refractivity contribution < 1.29 is 32.9 Å². The van der Waals surface area contributed by atoms with Gasteiger partial charge in [0.1, 0.15) is 18.8 Å². The first kappa shape index (κ1) is 22.8. The molecule has 0 saturated heterocycles. The minimum atomic E-state index is -4.61. The Morgan fingerprint density at radius 1 is 1.03 bits per heavy atom. The maximum atomic E-state index is 12.8. The number of rotatable bonds is 6. The van der Waals surface area contributed by atoms with E-state index in [2.05, 4.69) is 10.3 Å². The maximum Gasteiger partial charge on any atom is 0.416 e. The van der Waals surface area contributed by atoms with Gasteiger partial charge < -0.3 is 20.3 Å². The van der Waals surface area contributed by atoms with E-state index in [1.165, 1.54) is 0 Å². The van der Waals surface area contributed by atoms with Crippen LogP contribution >= 0.6 is 0 Å². The van der Waals surface area contributed by atoms with Crippen molar-refractivity contribution in [2.45, 2.75) is 24.3 Å². The van der Waals surface area contributed by atoms with Crippen molar-refractivity contribution in [2.75, 3.05) is 13.2 Å². The highest BCUT2D eigenvalue weighted by atomic mass is 19.4. The number of alkyl halides is 3. The summed E-state index contributed by atoms with van der Waals surface area (Å²) >= 11 is 0. The van der Waals surface area contributed by atoms with Crippen LogP contribution < -0.4 is 5.32 Å². The molecule has 3 N–H and O–H groups in total. The molecule has 0 fully saturated rings. The van der Waals surface area contributed by atoms with Crippen molar-refractivity contribution in [1.29, 1.82) is 0 Å². The Balaban J connectivity index is 1.34. The molecule has 1 heterocycles. The number of alkyl carbamates (subject to hydrolysis) is 1. The zero-order valence-corrected chi connectivity index (χ0v) is 17.3. The molecular formula is C24H21F3N2O4. The number of nitrogens with zero attached hydrogens (tertiary/aromatic N) is 1. The first-order valence-electron chi connectivity index (χ1n) is 10.2. The van der Waals surface area contributed by atoms with Crippen LogP contribution in [0.5, 0.6) is 0 Å². The summed E-state index contributed by atoms with van der Waals surface area (Å²) in [4.78, 5) is 15.9. The van der Waals surface area contributed by atoms with Gasteiger partial charge in [0.15, 0.2) is 0 Å². The lowest BCUT2D eigenvalue weighted by atomic mass is 9.98. The Bertz CT molecular complexity index is 1110. The molecular weight excluding hydrogens is 437 g/mol. The number of ether oxygens (including phenoxy) is 1. The molecule has 1 aliphatic carbocycles. The minimum absolute atomic E-state index is 0.0632. The lowest BCUT2D eigenvalue weighted by molar-refractivity contribution is -0.137. The van der Waals surface area contributed by atoms with Gasteiger partial charge in [-0.15, -0.1) is 0 Å². The first-order valence-corrected chi connectivity index (χ1v) is 10.2. The first-order chi connectivity index (χ1) is 15.8. The number of aromatic nitrogens is 1. The van der Waals surface area contributed by atoms with Crippen molar-refractivity contribution in [1.82, 2.24) is 10.3 Å². The van der Waals surface area contributed by atoms with Crippen molar-refractivity contribution in [3.8, 4) is 11.1 Å². The molecule has 4 rings (SSSR count). The van der Waals surface area contributed by atoms with Gasteiger partial charge in [-0.05, 0) is 34.4 Å². The minimum Gasteiger partial charge on any atom is -0.449 e. The molecule has 0 spiro atoms. The number of aliphatic hydroxyl groups is 2. The van der Waals surface area contributed by atoms with E-state index in [9.17, 15) is 28.2 Å². The summed E-state index contributed by atoms with van der Waals surface area (Å²) in [6.45, 7) is -0.372. The summed E-state index contributed by atoms with van der Waals surface area (Å²) < 4.78 is 43.8. The monoisotopic (exact) mass is 458 g/mol. The van der Waals surface area contributed by atoms with Crippen molar-refractivity contribution in [2.24, 2.45) is 0 Å². The second-order valence-corrected chi connectivity index (χ2v) is 7.69. The molecule has 33 heavy (non-hydrogen) atoms. The van der Waals surface area contributed by atoms with Crippen LogP contribution in [-0.4, -0.2) is 40.5 Å². The number of hydrogen-bond donors (Lipinski definition) is 3. The largest absolute Gasteiger partial charge is 0.449 e. The van der Waals surface area contributed by atoms with Crippen LogP contribution in [0.25, 0.3) is 11.1 Å². The number of benzene rings is 2. The maximum absolute atomic E-state index is 12.8. The summed E-state index contributed by atoms with van der Waals surface area (Å²) in [6.07, 6.45) is -7.84. The number of pyridine rings is 1. The van der Waals surface area contributed by atoms with Gasteiger partial charge in [-0.2, -0.15) is 13.2 Å². The van der Waals surface area contributed by atoms with E-state index in [0.29, 0.717) is 6.07 Å². The Morgan fingerprint density at radius 2 is 1.64 bits per heavy atom. The topological polar surface area (TPSA) is 91.7 Å². The van der Waals surface area contributed by atoms with Crippen LogP contribution in [0, 0.1) is 0 Å². The number of carbonyl (C=O) groups is 1. The summed E-state index contributed by atoms with van der Waals surface area (Å²) in [5.41, 5.74) is 2.88. The van der Waals surface area contributed by atoms with E-state index in [-0.39, 0.29) is 18.2 Å². The molecule has 1 amide bonds. The van der Waals surface area contributed by atoms with Gasteiger partial charge in [0.2, 0.25) is 0 Å². The van der Waals surface area contributed by atoms with Crippen LogP contribution in [-0.2, 0) is 10.9 Å². The Labute approximate surface area is 187 Å². The molecule has 1 aliphatic rings. The zero-order valence-electron chi connectivity index (χ0n) is 17.3. The predicted molar refractivity (Wildman–Crippen MR) is 113 cm³/mol. The summed E-state index contributed by atoms with van der Waals surface area (Å²) in [7, 11) is 0. The number of fused-ring (bicyclic) bond motifs is 3. The normalized spacial score (nSPS) is 14.8. The lowest BCUT2D eigenvalue weighted by Crippen LogP contribution is -2.36. The van der Waals surface area contributed by atoms with E-state index in [1.807, 2.05) is 48.5 Å². The van der Waals surface area contributed by atoms with Crippen LogP contribution in [0.3, 0.4) is 0 Å². The third kappa shape index (κ3) is 4.84. The third-order valence-electron chi connectivity index (χ3n) is 5.58. The van der Waals surface area contributed by atoms with Crippen molar-refractivity contribution in [3.63, 3.8) is 0 Å². The number of nitrogens with one attached hydrogen (secondary N) is 1. The molecule has 3 aromatic rings. The summed E-state index contributed by atoms with van der Waals surface area (Å²) in [5, 5.41) is 22.6. The molecule has 2 aromatic carbocycles. The van der Waals surface area contributed by atoms with Crippen LogP contribution in [0.1, 0.15) is 34.4 Å². The van der Waals surface area contributed by atoms with Crippen LogP contribution in [0.15, 0.2) is 66.9 Å². The Hall–Kier alpha value is -3.43. The number of amides is 1. The second kappa shape index (κ2) is 9.21. The second-order valence-electron chi connectivity index (χ2n) is 7.69. The standard InChI is InChI=1S/C24H21F3N2O4/c25-24(26,27)14-9-10-28-20(11-14)22(31)21(30)12-29-23(32)33-13-19-17-7-3-1-5-15(17)16-6-2-4-8-18(16)19/h1-11,19,21-22,30-31H,12-13H2,(H,29,32). The lowest BCUT2D eigenvalue weighted by Gasteiger charge is -2.19. The van der Waals surface area contributed by atoms with Gasteiger partial charge in [-0.3, -0.25) is 4.98 Å². The van der Waals surface area contributed by atoms with Gasteiger partial charge >= 0.3 is 12.3 Å². The molecule has 172 valence electrons. The number of hydrogen-bond acceptors (Lipinski definition) is 5. The van der Waals surface area contributed by atoms with E-state index in [4.69, 9.17) is 4.74 Å². The molecule has 9 heteroatoms. The van der Waals surface area contributed by atoms with Gasteiger partial charge in [0.25, 0.3) is 0 Å². The zero-order chi connectivity index (χ0) is 23.6. The van der Waals surface area contributed by atoms with E-state index < -0.39 is 36.6 Å². The van der Waals surface area contributed by atoms with E-state index >= 15 is 0 Å². The van der Waals surface area contributed by atoms with Gasteiger partial charge in [-0.25, -0.2) is 4.79 Å². The van der Waals surface area contributed by atoms with Crippen LogP contribution in [0.2, 0.25) is 0 Å². The molecule has 1 aromatic heterocycles. The summed E-state index contributed by atoms with van der Waals surface area (Å²) in [6, 6.07) is 17.1. The highest BCUT2D eigenvalue weighted by Crippen LogP contribution is 2.44. The molecule has 2 unspecified atom stereocenters. The predicted octanol–water partition coefficient (Wildman–Crippen LogP) is 4.03. The highest BCUT2D eigenvalue weighted by molar-refractivity contribution is 5.79. The van der Waals surface area contributed by atoms with Gasteiger partial charge in [-0.1, -0.05) is 48.5 Å². The smallest absolute Gasteiger partial charge is 0.416 e. The van der Waals surface area contributed by atoms with Crippen molar-refractivity contribution in [3.05, 3.63) is 89.2 Å². The van der Waals surface area contributed by atoms with Gasteiger partial charge in [0, 0.05) is 18.7 Å². The molecule has 2 atom stereocenters. The quantitative estimate of drug-likeness (QED) is 0.519. The Morgan fingerprint density at radius 3 is 2.24 bits per heavy atom. The molecule has 6 nitrogen and oxygen atoms in total. The number of halogens is 3. The molecule has 0 radical (unpaired) electrons. The molecule has 0 aliphatic heterocycles. The van der Waals surface area contributed by atoms with Gasteiger partial charge in [0.05, 0.1) is 11.3 Å². The molecule has 0 bridgehead atoms. The average Bonchev–Trinajstić information content (AvgIpc) is 3.14.